The number of aliphatic hydroxyl groups is 1. The van der Waals surface area contributed by atoms with Crippen molar-refractivity contribution in [3.8, 4) is 0 Å². The smallest absolute Gasteiger partial charge is 0.0438 e. The van der Waals surface area contributed by atoms with E-state index in [0.717, 1.165) is 36.8 Å². The first-order chi connectivity index (χ1) is 8.43. The molecule has 1 aromatic rings. The van der Waals surface area contributed by atoms with E-state index in [4.69, 9.17) is 5.11 Å². The van der Waals surface area contributed by atoms with Gasteiger partial charge in [0.1, 0.15) is 0 Å². The second-order valence-corrected chi connectivity index (χ2v) is 5.99. The van der Waals surface area contributed by atoms with E-state index in [-0.39, 0.29) is 0 Å². The van der Waals surface area contributed by atoms with Crippen LogP contribution in [0, 0.1) is 0 Å². The highest BCUT2D eigenvalue weighted by Crippen LogP contribution is 2.15. The van der Waals surface area contributed by atoms with Crippen LogP contribution >= 0.6 is 23.5 Å². The van der Waals surface area contributed by atoms with Crippen LogP contribution in [0.25, 0.3) is 0 Å². The van der Waals surface area contributed by atoms with E-state index >= 15 is 0 Å². The number of rotatable bonds is 10. The highest BCUT2D eigenvalue weighted by atomic mass is 32.2. The lowest BCUT2D eigenvalue weighted by Gasteiger charge is -2.04. The van der Waals surface area contributed by atoms with Crippen molar-refractivity contribution in [3.63, 3.8) is 0 Å². The Morgan fingerprint density at radius 3 is 2.53 bits per heavy atom. The molecule has 0 spiro atoms. The molecule has 0 amide bonds. The normalized spacial score (nSPS) is 10.6. The molecule has 0 fully saturated rings. The molecule has 0 saturated carbocycles. The molecule has 4 heteroatoms. The number of hydrogen-bond acceptors (Lipinski definition) is 4. The maximum atomic E-state index is 8.62. The van der Waals surface area contributed by atoms with Crippen molar-refractivity contribution in [1.29, 1.82) is 0 Å². The Morgan fingerprint density at radius 1 is 1.00 bits per heavy atom. The summed E-state index contributed by atoms with van der Waals surface area (Å²) >= 11 is 3.79. The zero-order valence-corrected chi connectivity index (χ0v) is 11.7. The summed E-state index contributed by atoms with van der Waals surface area (Å²) in [5, 5.41) is 12.0. The van der Waals surface area contributed by atoms with E-state index in [1.54, 1.807) is 0 Å². The molecular weight excluding hydrogens is 250 g/mol. The van der Waals surface area contributed by atoms with Gasteiger partial charge in [-0.1, -0.05) is 18.2 Å². The van der Waals surface area contributed by atoms with Crippen molar-refractivity contribution in [1.82, 2.24) is 5.32 Å². The summed E-state index contributed by atoms with van der Waals surface area (Å²) < 4.78 is 0. The van der Waals surface area contributed by atoms with E-state index in [0.29, 0.717) is 6.61 Å². The van der Waals surface area contributed by atoms with Gasteiger partial charge in [-0.05, 0) is 24.3 Å². The molecule has 0 aliphatic heterocycles. The Kier molecular flexibility index (Phi) is 9.61. The zero-order chi connectivity index (χ0) is 12.2. The average Bonchev–Trinajstić information content (AvgIpc) is 2.38. The lowest BCUT2D eigenvalue weighted by atomic mass is 10.4. The van der Waals surface area contributed by atoms with Crippen molar-refractivity contribution in [2.45, 2.75) is 11.3 Å². The summed E-state index contributed by atoms with van der Waals surface area (Å²) in [5.41, 5.74) is 0. The number of hydrogen-bond donors (Lipinski definition) is 2. The van der Waals surface area contributed by atoms with Crippen LogP contribution in [0.3, 0.4) is 0 Å². The highest BCUT2D eigenvalue weighted by molar-refractivity contribution is 7.99. The Labute approximate surface area is 113 Å². The molecule has 1 aromatic carbocycles. The molecule has 0 atom stereocenters. The van der Waals surface area contributed by atoms with Crippen molar-refractivity contribution < 1.29 is 5.11 Å². The third-order valence-corrected chi connectivity index (χ3v) is 4.24. The SMILES string of the molecule is OCCCSCCNCCSc1ccccc1. The summed E-state index contributed by atoms with van der Waals surface area (Å²) in [5.74, 6) is 3.32. The Morgan fingerprint density at radius 2 is 1.76 bits per heavy atom. The number of benzene rings is 1. The summed E-state index contributed by atoms with van der Waals surface area (Å²) in [6.45, 7) is 2.43. The molecule has 0 aliphatic carbocycles. The molecule has 0 bridgehead atoms. The first kappa shape index (κ1) is 14.9. The fourth-order valence-electron chi connectivity index (χ4n) is 1.30. The standard InChI is InChI=1S/C13H21NOS2/c15-9-4-10-16-11-7-14-8-12-17-13-5-2-1-3-6-13/h1-3,5-6,14-15H,4,7-12H2. The van der Waals surface area contributed by atoms with Gasteiger partial charge in [0.2, 0.25) is 0 Å². The Hall–Kier alpha value is -0.160. The lowest BCUT2D eigenvalue weighted by molar-refractivity contribution is 0.296. The molecule has 0 radical (unpaired) electrons. The molecule has 2 N–H and O–H groups in total. The number of aliphatic hydroxyl groups excluding tert-OH is 1. The van der Waals surface area contributed by atoms with Crippen LogP contribution in [0.2, 0.25) is 0 Å². The van der Waals surface area contributed by atoms with Gasteiger partial charge in [-0.2, -0.15) is 11.8 Å². The Bertz CT molecular complexity index is 269. The third-order valence-electron chi connectivity index (χ3n) is 2.16. The van der Waals surface area contributed by atoms with Gasteiger partial charge < -0.3 is 10.4 Å². The summed E-state index contributed by atoms with van der Waals surface area (Å²) in [6, 6.07) is 10.5. The topological polar surface area (TPSA) is 32.3 Å². The van der Waals surface area contributed by atoms with Crippen molar-refractivity contribution >= 4 is 23.5 Å². The molecule has 0 unspecified atom stereocenters. The maximum absolute atomic E-state index is 8.62. The molecule has 0 aromatic heterocycles. The predicted molar refractivity (Wildman–Crippen MR) is 79.1 cm³/mol. The van der Waals surface area contributed by atoms with Crippen LogP contribution in [0.5, 0.6) is 0 Å². The van der Waals surface area contributed by atoms with Crippen molar-refractivity contribution in [3.05, 3.63) is 30.3 Å². The van der Waals surface area contributed by atoms with Gasteiger partial charge in [-0.3, -0.25) is 0 Å². The van der Waals surface area contributed by atoms with Gasteiger partial charge in [0.25, 0.3) is 0 Å². The average molecular weight is 271 g/mol. The van der Waals surface area contributed by atoms with Crippen molar-refractivity contribution in [2.75, 3.05) is 37.0 Å². The molecule has 0 saturated heterocycles. The molecule has 2 nitrogen and oxygen atoms in total. The van der Waals surface area contributed by atoms with E-state index in [2.05, 4.69) is 29.6 Å². The van der Waals surface area contributed by atoms with Gasteiger partial charge in [-0.25, -0.2) is 0 Å². The van der Waals surface area contributed by atoms with Gasteiger partial charge >= 0.3 is 0 Å². The Balaban J connectivity index is 1.85. The fourth-order valence-corrected chi connectivity index (χ4v) is 2.95. The van der Waals surface area contributed by atoms with Crippen LogP contribution in [0.1, 0.15) is 6.42 Å². The van der Waals surface area contributed by atoms with Gasteiger partial charge in [-0.15, -0.1) is 11.8 Å². The summed E-state index contributed by atoms with van der Waals surface area (Å²) in [7, 11) is 0. The van der Waals surface area contributed by atoms with E-state index < -0.39 is 0 Å². The summed E-state index contributed by atoms with van der Waals surface area (Å²) in [4.78, 5) is 1.34. The van der Waals surface area contributed by atoms with Crippen molar-refractivity contribution in [2.24, 2.45) is 0 Å². The first-order valence-electron chi connectivity index (χ1n) is 6.00. The minimum atomic E-state index is 0.314. The first-order valence-corrected chi connectivity index (χ1v) is 8.14. The zero-order valence-electron chi connectivity index (χ0n) is 10.1. The van der Waals surface area contributed by atoms with Crippen LogP contribution in [-0.2, 0) is 0 Å². The molecule has 0 heterocycles. The van der Waals surface area contributed by atoms with E-state index in [1.165, 1.54) is 4.90 Å². The van der Waals surface area contributed by atoms with E-state index in [1.807, 2.05) is 29.6 Å². The number of nitrogens with one attached hydrogen (secondary N) is 1. The molecule has 96 valence electrons. The highest BCUT2D eigenvalue weighted by Gasteiger charge is 1.93. The number of thioether (sulfide) groups is 2. The monoisotopic (exact) mass is 271 g/mol. The summed E-state index contributed by atoms with van der Waals surface area (Å²) in [6.07, 6.45) is 0.911. The van der Waals surface area contributed by atoms with Crippen LogP contribution < -0.4 is 5.32 Å². The maximum Gasteiger partial charge on any atom is 0.0438 e. The molecule has 0 aliphatic rings. The quantitative estimate of drug-likeness (QED) is 0.506. The van der Waals surface area contributed by atoms with Gasteiger partial charge in [0, 0.05) is 36.1 Å². The predicted octanol–water partition coefficient (Wildman–Crippen LogP) is 2.48. The van der Waals surface area contributed by atoms with Crippen LogP contribution in [0.15, 0.2) is 35.2 Å². The van der Waals surface area contributed by atoms with Gasteiger partial charge in [0.15, 0.2) is 0 Å². The minimum absolute atomic E-state index is 0.314. The fraction of sp³-hybridized carbons (Fsp3) is 0.538. The lowest BCUT2D eigenvalue weighted by Crippen LogP contribution is -2.20. The largest absolute Gasteiger partial charge is 0.396 e. The second-order valence-electron chi connectivity index (χ2n) is 3.60. The second kappa shape index (κ2) is 11.0. The third kappa shape index (κ3) is 8.55. The van der Waals surface area contributed by atoms with Gasteiger partial charge in [0.05, 0.1) is 0 Å². The molecule has 1 rings (SSSR count). The minimum Gasteiger partial charge on any atom is -0.396 e. The van der Waals surface area contributed by atoms with Crippen LogP contribution in [-0.4, -0.2) is 42.1 Å². The molecular formula is C13H21NOS2. The molecule has 17 heavy (non-hydrogen) atoms. The van der Waals surface area contributed by atoms with E-state index in [9.17, 15) is 0 Å². The van der Waals surface area contributed by atoms with Crippen LogP contribution in [0.4, 0.5) is 0 Å².